The van der Waals surface area contributed by atoms with E-state index in [1.54, 1.807) is 20.8 Å². The van der Waals surface area contributed by atoms with Crippen LogP contribution in [-0.4, -0.2) is 77.9 Å². The first kappa shape index (κ1) is 29.8. The Kier molecular flexibility index (Phi) is 9.06. The second-order valence-electron chi connectivity index (χ2n) is 9.45. The molecule has 4 rings (SSSR count). The van der Waals surface area contributed by atoms with Gasteiger partial charge in [-0.1, -0.05) is 23.1 Å². The molecule has 0 aliphatic carbocycles. The molecule has 19 heteroatoms. The number of nitrogen functional groups attached to an aromatic ring is 1. The summed E-state index contributed by atoms with van der Waals surface area (Å²) in [6.45, 7) is 6.16. The molecular formula is C21H24N8O7S4. The highest BCUT2D eigenvalue weighted by atomic mass is 32.2. The van der Waals surface area contributed by atoms with E-state index in [0.717, 1.165) is 16.5 Å². The summed E-state index contributed by atoms with van der Waals surface area (Å²) < 4.78 is 14.8. The summed E-state index contributed by atoms with van der Waals surface area (Å²) >= 11 is 4.86. The van der Waals surface area contributed by atoms with Crippen molar-refractivity contribution in [2.45, 2.75) is 49.5 Å². The number of fused-ring (bicyclic) bond motifs is 1. The number of rotatable bonds is 10. The van der Waals surface area contributed by atoms with Gasteiger partial charge in [-0.15, -0.1) is 26.9 Å². The minimum atomic E-state index is -1.59. The highest BCUT2D eigenvalue weighted by Crippen LogP contribution is 2.42. The van der Waals surface area contributed by atoms with Gasteiger partial charge in [-0.05, 0) is 38.4 Å². The zero-order valence-corrected chi connectivity index (χ0v) is 24.9. The molecule has 1 saturated heterocycles. The van der Waals surface area contributed by atoms with Crippen molar-refractivity contribution in [3.63, 3.8) is 0 Å². The first-order valence-corrected chi connectivity index (χ1v) is 15.2. The van der Waals surface area contributed by atoms with Gasteiger partial charge in [-0.25, -0.2) is 9.78 Å². The summed E-state index contributed by atoms with van der Waals surface area (Å²) in [4.78, 5) is 67.6. The molecule has 3 atom stereocenters. The first-order chi connectivity index (χ1) is 18.9. The van der Waals surface area contributed by atoms with Crippen LogP contribution in [0.3, 0.4) is 0 Å². The number of carbonyl (C=O) groups excluding carboxylic acids is 4. The third-order valence-electron chi connectivity index (χ3n) is 5.46. The highest BCUT2D eigenvalue weighted by molar-refractivity contribution is 8.01. The Balaban J connectivity index is 1.50. The number of β-lactam (4-membered cyclic amide) rings is 1. The Labute approximate surface area is 244 Å². The Morgan fingerprint density at radius 1 is 1.27 bits per heavy atom. The number of ether oxygens (including phenoxy) is 2. The van der Waals surface area contributed by atoms with E-state index < -0.39 is 53.4 Å². The molecular weight excluding hydrogens is 605 g/mol. The van der Waals surface area contributed by atoms with Crippen molar-refractivity contribution in [1.29, 1.82) is 0 Å². The van der Waals surface area contributed by atoms with E-state index in [9.17, 15) is 24.1 Å². The Morgan fingerprint density at radius 3 is 2.62 bits per heavy atom. The molecule has 0 radical (unpaired) electrons. The van der Waals surface area contributed by atoms with Gasteiger partial charge in [0.1, 0.15) is 22.1 Å². The van der Waals surface area contributed by atoms with Crippen molar-refractivity contribution in [1.82, 2.24) is 29.8 Å². The van der Waals surface area contributed by atoms with Crippen molar-refractivity contribution >= 4 is 75.3 Å². The molecule has 4 heterocycles. The predicted molar refractivity (Wildman–Crippen MR) is 147 cm³/mol. The summed E-state index contributed by atoms with van der Waals surface area (Å²) in [5, 5.41) is 13.5. The van der Waals surface area contributed by atoms with Crippen LogP contribution in [0.2, 0.25) is 0 Å². The molecule has 2 aromatic rings. The summed E-state index contributed by atoms with van der Waals surface area (Å²) in [6, 6.07) is -2.64. The molecule has 2 amide bonds. The van der Waals surface area contributed by atoms with E-state index in [1.165, 1.54) is 39.8 Å². The number of thioether (sulfide) groups is 2. The second-order valence-corrected chi connectivity index (χ2v) is 13.7. The van der Waals surface area contributed by atoms with Gasteiger partial charge >= 0.3 is 11.9 Å². The highest BCUT2D eigenvalue weighted by Gasteiger charge is 2.55. The number of anilines is 1. The van der Waals surface area contributed by atoms with E-state index >= 15 is 0 Å². The monoisotopic (exact) mass is 628 g/mol. The van der Waals surface area contributed by atoms with Gasteiger partial charge in [0, 0.05) is 23.0 Å². The molecule has 15 nitrogen and oxygen atoms in total. The SMILES string of the molecule is Cc1nnc(SCC2=C(C(=O)OCOC(=O)C(C)(C)C)N3C(=O)C(NC(=O)C(N=O)c4nsc(N)n4)[C@@H]3SC2)s1. The fourth-order valence-corrected chi connectivity index (χ4v) is 7.26. The van der Waals surface area contributed by atoms with Gasteiger partial charge in [0.05, 0.1) is 5.41 Å². The maximum atomic E-state index is 13.2. The third kappa shape index (κ3) is 6.42. The fourth-order valence-electron chi connectivity index (χ4n) is 3.49. The van der Waals surface area contributed by atoms with Gasteiger partial charge in [0.25, 0.3) is 11.8 Å². The fraction of sp³-hybridized carbons (Fsp3) is 0.524. The standard InChI is InChI=1S/C21H24N8O7S4/c1-8-25-26-20(39-8)38-6-9-5-37-16-11(23-14(30)10(27-34)13-24-19(22)40-28-13)15(31)29(16)12(9)17(32)35-7-36-18(33)21(2,3)4/h10-11,16H,5-7H2,1-4H3,(H,23,30)(H2,22,24,28)/t10?,11?,16-/m0/s1. The maximum absolute atomic E-state index is 13.2. The number of hydrogen-bond acceptors (Lipinski definition) is 17. The first-order valence-electron chi connectivity index (χ1n) is 11.6. The number of nitrogens with one attached hydrogen (secondary N) is 1. The number of nitrogens with zero attached hydrogens (tertiary/aromatic N) is 6. The topological polar surface area (TPSA) is 209 Å². The Hall–Kier alpha value is -3.16. The van der Waals surface area contributed by atoms with Crippen LogP contribution in [0.15, 0.2) is 20.8 Å². The van der Waals surface area contributed by atoms with E-state index in [1.807, 2.05) is 6.92 Å². The Morgan fingerprint density at radius 2 is 2.02 bits per heavy atom. The van der Waals surface area contributed by atoms with E-state index in [4.69, 9.17) is 15.2 Å². The zero-order chi connectivity index (χ0) is 29.2. The van der Waals surface area contributed by atoms with E-state index in [0.29, 0.717) is 21.4 Å². The molecule has 2 unspecified atom stereocenters. The summed E-state index contributed by atoms with van der Waals surface area (Å²) in [6.07, 6.45) is 0. The van der Waals surface area contributed by atoms with Crippen LogP contribution in [0.5, 0.6) is 0 Å². The van der Waals surface area contributed by atoms with Gasteiger partial charge in [0.2, 0.25) is 12.8 Å². The van der Waals surface area contributed by atoms with Crippen LogP contribution in [-0.2, 0) is 28.7 Å². The normalized spacial score (nSPS) is 19.4. The number of carbonyl (C=O) groups is 4. The van der Waals surface area contributed by atoms with Crippen molar-refractivity contribution in [2.75, 3.05) is 24.0 Å². The number of aryl methyl sites for hydroxylation is 1. The molecule has 2 aliphatic heterocycles. The van der Waals surface area contributed by atoms with Crippen LogP contribution in [0.25, 0.3) is 0 Å². The van der Waals surface area contributed by atoms with E-state index in [2.05, 4.69) is 30.0 Å². The lowest BCUT2D eigenvalue weighted by Gasteiger charge is -2.49. The molecule has 1 fully saturated rings. The van der Waals surface area contributed by atoms with Crippen LogP contribution in [0.4, 0.5) is 5.13 Å². The molecule has 3 N–H and O–H groups in total. The summed E-state index contributed by atoms with van der Waals surface area (Å²) in [5.74, 6) is -2.41. The molecule has 214 valence electrons. The van der Waals surface area contributed by atoms with E-state index in [-0.39, 0.29) is 16.7 Å². The quantitative estimate of drug-likeness (QED) is 0.126. The van der Waals surface area contributed by atoms with Gasteiger partial charge in [0.15, 0.2) is 15.3 Å². The lowest BCUT2D eigenvalue weighted by molar-refractivity contribution is -0.173. The van der Waals surface area contributed by atoms with Crippen LogP contribution in [0.1, 0.15) is 37.6 Å². The molecule has 0 bridgehead atoms. The largest absolute Gasteiger partial charge is 0.427 e. The second kappa shape index (κ2) is 12.1. The zero-order valence-electron chi connectivity index (χ0n) is 21.6. The molecule has 0 saturated carbocycles. The molecule has 0 spiro atoms. The molecule has 40 heavy (non-hydrogen) atoms. The smallest absolute Gasteiger partial charge is 0.357 e. The van der Waals surface area contributed by atoms with Gasteiger partial charge in [-0.2, -0.15) is 4.37 Å². The number of esters is 2. The number of aromatic nitrogens is 4. The van der Waals surface area contributed by atoms with Gasteiger partial charge < -0.3 is 20.5 Å². The average Bonchev–Trinajstić information content (AvgIpc) is 3.52. The molecule has 2 aliphatic rings. The minimum Gasteiger partial charge on any atom is -0.427 e. The summed E-state index contributed by atoms with van der Waals surface area (Å²) in [5.41, 5.74) is 5.33. The van der Waals surface area contributed by atoms with Crippen LogP contribution < -0.4 is 11.1 Å². The number of hydrogen-bond donors (Lipinski definition) is 2. The van der Waals surface area contributed by atoms with Crippen molar-refractivity contribution in [2.24, 2.45) is 10.6 Å². The number of nitroso groups, excluding NO2 is 1. The number of nitrogens with two attached hydrogens (primary N) is 1. The average molecular weight is 629 g/mol. The van der Waals surface area contributed by atoms with Crippen molar-refractivity contribution < 1.29 is 28.7 Å². The summed E-state index contributed by atoms with van der Waals surface area (Å²) in [7, 11) is 0. The lowest BCUT2D eigenvalue weighted by Crippen LogP contribution is -2.71. The maximum Gasteiger partial charge on any atom is 0.357 e. The predicted octanol–water partition coefficient (Wildman–Crippen LogP) is 1.62. The van der Waals surface area contributed by atoms with Gasteiger partial charge in [-0.3, -0.25) is 19.3 Å². The number of amides is 2. The van der Waals surface area contributed by atoms with Crippen LogP contribution >= 0.6 is 46.4 Å². The van der Waals surface area contributed by atoms with Crippen LogP contribution in [0, 0.1) is 17.2 Å². The molecule has 2 aromatic heterocycles. The molecule has 0 aromatic carbocycles. The third-order valence-corrected chi connectivity index (χ3v) is 9.42. The Bertz CT molecular complexity index is 1370. The van der Waals surface area contributed by atoms with Crippen molar-refractivity contribution in [3.05, 3.63) is 27.0 Å². The van der Waals surface area contributed by atoms with Crippen molar-refractivity contribution in [3.8, 4) is 0 Å². The minimum absolute atomic E-state index is 0.00111. The lowest BCUT2D eigenvalue weighted by atomic mass is 9.98.